The van der Waals surface area contributed by atoms with E-state index >= 15 is 0 Å². The van der Waals surface area contributed by atoms with E-state index in [1.165, 1.54) is 0 Å². The van der Waals surface area contributed by atoms with Gasteiger partial charge < -0.3 is 19.4 Å². The van der Waals surface area contributed by atoms with Gasteiger partial charge in [-0.25, -0.2) is 4.98 Å². The quantitative estimate of drug-likeness (QED) is 0.935. The number of aromatic nitrogens is 1. The van der Waals surface area contributed by atoms with Crippen LogP contribution in [0.5, 0.6) is 0 Å². The van der Waals surface area contributed by atoms with Gasteiger partial charge in [0.15, 0.2) is 5.76 Å². The van der Waals surface area contributed by atoms with Crippen molar-refractivity contribution in [3.8, 4) is 0 Å². The molecule has 1 fully saturated rings. The van der Waals surface area contributed by atoms with E-state index < -0.39 is 0 Å². The molecule has 0 radical (unpaired) electrons. The van der Waals surface area contributed by atoms with Crippen molar-refractivity contribution in [3.05, 3.63) is 47.0 Å². The van der Waals surface area contributed by atoms with E-state index in [4.69, 9.17) is 9.15 Å². The van der Waals surface area contributed by atoms with Gasteiger partial charge in [0.1, 0.15) is 11.6 Å². The van der Waals surface area contributed by atoms with Crippen LogP contribution < -0.4 is 10.2 Å². The number of aryl methyl sites for hydroxylation is 2. The molecule has 1 aliphatic rings. The lowest BCUT2D eigenvalue weighted by Gasteiger charge is -2.28. The number of nitrogens with one attached hydrogen (secondary N) is 1. The first kappa shape index (κ1) is 15.6. The number of furan rings is 1. The molecule has 0 aromatic carbocycles. The zero-order valence-electron chi connectivity index (χ0n) is 13.5. The first-order chi connectivity index (χ1) is 11.1. The molecule has 2 aromatic rings. The number of anilines is 1. The van der Waals surface area contributed by atoms with E-state index in [0.29, 0.717) is 12.3 Å². The first-order valence-corrected chi connectivity index (χ1v) is 7.77. The number of carbonyl (C=O) groups is 1. The van der Waals surface area contributed by atoms with Crippen LogP contribution in [0, 0.1) is 13.8 Å². The van der Waals surface area contributed by atoms with Gasteiger partial charge in [0.2, 0.25) is 0 Å². The third kappa shape index (κ3) is 3.71. The summed E-state index contributed by atoms with van der Waals surface area (Å²) in [5.41, 5.74) is 1.67. The summed E-state index contributed by atoms with van der Waals surface area (Å²) in [4.78, 5) is 19.0. The molecule has 6 heteroatoms. The molecule has 6 nitrogen and oxygen atoms in total. The molecule has 2 aromatic heterocycles. The number of hydrogen-bond donors (Lipinski definition) is 1. The van der Waals surface area contributed by atoms with Gasteiger partial charge >= 0.3 is 0 Å². The minimum atomic E-state index is -0.214. The monoisotopic (exact) mass is 315 g/mol. The van der Waals surface area contributed by atoms with Crippen LogP contribution in [0.4, 0.5) is 5.82 Å². The number of pyridine rings is 1. The Kier molecular flexibility index (Phi) is 4.62. The van der Waals surface area contributed by atoms with Crippen molar-refractivity contribution in [2.45, 2.75) is 20.4 Å². The molecule has 23 heavy (non-hydrogen) atoms. The number of amides is 1. The average molecular weight is 315 g/mol. The molecule has 0 spiro atoms. The van der Waals surface area contributed by atoms with Crippen LogP contribution in [-0.4, -0.2) is 37.2 Å². The summed E-state index contributed by atoms with van der Waals surface area (Å²) in [5.74, 6) is 1.81. The summed E-state index contributed by atoms with van der Waals surface area (Å²) in [7, 11) is 0. The predicted octanol–water partition coefficient (Wildman–Crippen LogP) is 2.06. The average Bonchev–Trinajstić information content (AvgIpc) is 2.92. The third-order valence-electron chi connectivity index (χ3n) is 3.80. The standard InChI is InChI=1S/C17H21N3O3/c1-12-10-13(2)23-16(12)17(21)18-11-14-4-3-5-15(19-14)20-6-8-22-9-7-20/h3-5,10H,6-9,11H2,1-2H3,(H,18,21). The van der Waals surface area contributed by atoms with Gasteiger partial charge in [0.05, 0.1) is 25.5 Å². The van der Waals surface area contributed by atoms with Gasteiger partial charge in [0.25, 0.3) is 5.91 Å². The lowest BCUT2D eigenvalue weighted by molar-refractivity contribution is 0.0920. The molecular weight excluding hydrogens is 294 g/mol. The van der Waals surface area contributed by atoms with Crippen molar-refractivity contribution in [1.29, 1.82) is 0 Å². The van der Waals surface area contributed by atoms with Crippen LogP contribution >= 0.6 is 0 Å². The Morgan fingerprint density at radius 1 is 1.30 bits per heavy atom. The summed E-state index contributed by atoms with van der Waals surface area (Å²) < 4.78 is 10.8. The molecule has 0 unspecified atom stereocenters. The summed E-state index contributed by atoms with van der Waals surface area (Å²) >= 11 is 0. The van der Waals surface area contributed by atoms with E-state index in [9.17, 15) is 4.79 Å². The molecule has 1 amide bonds. The first-order valence-electron chi connectivity index (χ1n) is 7.77. The van der Waals surface area contributed by atoms with Crippen LogP contribution in [0.3, 0.4) is 0 Å². The maximum Gasteiger partial charge on any atom is 0.287 e. The van der Waals surface area contributed by atoms with E-state index in [0.717, 1.165) is 49.1 Å². The second-order valence-electron chi connectivity index (χ2n) is 5.64. The predicted molar refractivity (Wildman–Crippen MR) is 86.6 cm³/mol. The molecule has 0 saturated carbocycles. The normalized spacial score (nSPS) is 14.8. The molecular formula is C17H21N3O3. The number of morpholine rings is 1. The Bertz CT molecular complexity index is 690. The van der Waals surface area contributed by atoms with Crippen LogP contribution in [0.2, 0.25) is 0 Å². The van der Waals surface area contributed by atoms with Crippen molar-refractivity contribution >= 4 is 11.7 Å². The smallest absolute Gasteiger partial charge is 0.287 e. The lowest BCUT2D eigenvalue weighted by atomic mass is 10.2. The van der Waals surface area contributed by atoms with Gasteiger partial charge in [-0.05, 0) is 32.0 Å². The molecule has 3 rings (SSSR count). The van der Waals surface area contributed by atoms with Crippen LogP contribution in [-0.2, 0) is 11.3 Å². The molecule has 0 atom stereocenters. The summed E-state index contributed by atoms with van der Waals surface area (Å²) in [6, 6.07) is 7.70. The Hall–Kier alpha value is -2.34. The highest BCUT2D eigenvalue weighted by molar-refractivity contribution is 5.92. The zero-order chi connectivity index (χ0) is 16.2. The SMILES string of the molecule is Cc1cc(C)c(C(=O)NCc2cccc(N3CCOCC3)n2)o1. The topological polar surface area (TPSA) is 67.6 Å². The molecule has 3 heterocycles. The van der Waals surface area contributed by atoms with E-state index in [-0.39, 0.29) is 5.91 Å². The highest BCUT2D eigenvalue weighted by Gasteiger charge is 2.15. The molecule has 1 saturated heterocycles. The van der Waals surface area contributed by atoms with Crippen molar-refractivity contribution < 1.29 is 13.9 Å². The largest absolute Gasteiger partial charge is 0.456 e. The van der Waals surface area contributed by atoms with Crippen molar-refractivity contribution in [3.63, 3.8) is 0 Å². The third-order valence-corrected chi connectivity index (χ3v) is 3.80. The highest BCUT2D eigenvalue weighted by Crippen LogP contribution is 2.15. The Labute approximate surface area is 135 Å². The van der Waals surface area contributed by atoms with E-state index in [1.807, 2.05) is 38.1 Å². The number of hydrogen-bond acceptors (Lipinski definition) is 5. The number of nitrogens with zero attached hydrogens (tertiary/aromatic N) is 2. The molecule has 1 aliphatic heterocycles. The summed E-state index contributed by atoms with van der Waals surface area (Å²) in [6.45, 7) is 7.19. The maximum atomic E-state index is 12.2. The summed E-state index contributed by atoms with van der Waals surface area (Å²) in [6.07, 6.45) is 0. The van der Waals surface area contributed by atoms with E-state index in [1.54, 1.807) is 0 Å². The minimum Gasteiger partial charge on any atom is -0.456 e. The Morgan fingerprint density at radius 3 is 2.78 bits per heavy atom. The molecule has 0 aliphatic carbocycles. The van der Waals surface area contributed by atoms with Gasteiger partial charge in [-0.1, -0.05) is 6.07 Å². The fourth-order valence-corrected chi connectivity index (χ4v) is 2.65. The van der Waals surface area contributed by atoms with Crippen LogP contribution in [0.25, 0.3) is 0 Å². The van der Waals surface area contributed by atoms with Gasteiger partial charge in [0, 0.05) is 18.7 Å². The summed E-state index contributed by atoms with van der Waals surface area (Å²) in [5, 5.41) is 2.86. The second kappa shape index (κ2) is 6.83. The molecule has 122 valence electrons. The maximum absolute atomic E-state index is 12.2. The van der Waals surface area contributed by atoms with Crippen LogP contribution in [0.15, 0.2) is 28.7 Å². The van der Waals surface area contributed by atoms with E-state index in [2.05, 4.69) is 15.2 Å². The zero-order valence-corrected chi connectivity index (χ0v) is 13.5. The minimum absolute atomic E-state index is 0.214. The molecule has 0 bridgehead atoms. The second-order valence-corrected chi connectivity index (χ2v) is 5.64. The van der Waals surface area contributed by atoms with Gasteiger partial charge in [-0.3, -0.25) is 4.79 Å². The lowest BCUT2D eigenvalue weighted by Crippen LogP contribution is -2.37. The number of rotatable bonds is 4. The van der Waals surface area contributed by atoms with Crippen molar-refractivity contribution in [1.82, 2.24) is 10.3 Å². The fourth-order valence-electron chi connectivity index (χ4n) is 2.65. The Morgan fingerprint density at radius 2 is 2.09 bits per heavy atom. The Balaban J connectivity index is 1.64. The fraction of sp³-hybridized carbons (Fsp3) is 0.412. The highest BCUT2D eigenvalue weighted by atomic mass is 16.5. The van der Waals surface area contributed by atoms with Crippen LogP contribution in [0.1, 0.15) is 27.6 Å². The van der Waals surface area contributed by atoms with Gasteiger partial charge in [-0.2, -0.15) is 0 Å². The van der Waals surface area contributed by atoms with Crippen molar-refractivity contribution in [2.75, 3.05) is 31.2 Å². The van der Waals surface area contributed by atoms with Crippen molar-refractivity contribution in [2.24, 2.45) is 0 Å². The van der Waals surface area contributed by atoms with Gasteiger partial charge in [-0.15, -0.1) is 0 Å². The number of carbonyl (C=O) groups excluding carboxylic acids is 1. The number of ether oxygens (including phenoxy) is 1. The molecule has 1 N–H and O–H groups in total.